The minimum Gasteiger partial charge on any atom is -0.459 e. The van der Waals surface area contributed by atoms with Crippen molar-refractivity contribution in [2.75, 3.05) is 62.5 Å². The van der Waals surface area contributed by atoms with Gasteiger partial charge in [0.1, 0.15) is 42.1 Å². The van der Waals surface area contributed by atoms with Crippen LogP contribution in [0.1, 0.15) is 141 Å². The highest BCUT2D eigenvalue weighted by atomic mass is 16.6. The lowest BCUT2D eigenvalue weighted by Crippen LogP contribution is -2.61. The zero-order valence-corrected chi connectivity index (χ0v) is 53.5. The Morgan fingerprint density at radius 1 is 0.811 bits per heavy atom. The van der Waals surface area contributed by atoms with Gasteiger partial charge in [0.2, 0.25) is 17.7 Å². The summed E-state index contributed by atoms with van der Waals surface area (Å²) in [5.74, 6) is -8.40. The fourth-order valence-electron chi connectivity index (χ4n) is 12.7. The van der Waals surface area contributed by atoms with Crippen LogP contribution in [0.15, 0.2) is 66.2 Å². The summed E-state index contributed by atoms with van der Waals surface area (Å²) in [6.45, 7) is 14.0. The number of hydrogen-bond donors (Lipinski definition) is 6. The van der Waals surface area contributed by atoms with Gasteiger partial charge in [-0.25, -0.2) is 24.5 Å². The Bertz CT molecular complexity index is 2970. The van der Waals surface area contributed by atoms with Gasteiger partial charge in [0.25, 0.3) is 11.7 Å². The van der Waals surface area contributed by atoms with Crippen LogP contribution in [0.5, 0.6) is 0 Å². The molecule has 5 aliphatic rings. The number of fused-ring (bicyclic) bond motifs is 3. The molecule has 6 heterocycles. The number of nitrogens with one attached hydrogen (secondary N) is 1. The molecule has 0 spiro atoms. The predicted molar refractivity (Wildman–Crippen MR) is 333 cm³/mol. The molecule has 25 nitrogen and oxygen atoms in total. The summed E-state index contributed by atoms with van der Waals surface area (Å²) in [5.41, 5.74) is 14.9. The Morgan fingerprint density at radius 2 is 1.50 bits per heavy atom. The van der Waals surface area contributed by atoms with Crippen LogP contribution < -0.4 is 26.6 Å². The molecule has 494 valence electrons. The van der Waals surface area contributed by atoms with E-state index in [1.807, 2.05) is 54.0 Å². The molecule has 1 saturated carbocycles. The van der Waals surface area contributed by atoms with Crippen molar-refractivity contribution in [1.29, 1.82) is 0 Å². The standard InChI is InChI=1S/C65H94N10O15/c1-37-15-11-10-12-16-38(2)52(86-8)31-46-20-18-42(6)65(85,90-46)58(81)60(82)75-22-14-13-17-49(75)61(83)88-53(32-50(77)39(3)28-41(5)56(79)57(80)55(78)40(4)27-37)48(66)29-44-19-21-51(54(30-44)87-9)89-64(84)71-35-45-33-68-62(69-34-45)73-23-25-74(26-24-73)63-70-36-47(43(7)76)59(67)72-63/h10-12,15-16,28,33-34,36-37,39-40,42,44,46,48-49,51-54,56-57,79-80,85H,13-14,17-27,29-32,35,66H2,1-9H3,(H,71,84)(H2,67,70,72)/b12-10?,15-11+,38-16?,41-28+/t37-,39-,40-,42-,44+,46+,48-,49+,51-,52+,53+,54-,56-,57+,65-/m1/s1. The van der Waals surface area contributed by atoms with Crippen LogP contribution >= 0.6 is 0 Å². The van der Waals surface area contributed by atoms with E-state index in [2.05, 4.69) is 25.3 Å². The summed E-state index contributed by atoms with van der Waals surface area (Å²) in [4.78, 5) is 119. The third-order valence-electron chi connectivity index (χ3n) is 18.4. The number of carbonyl (C=O) groups is 7. The maximum Gasteiger partial charge on any atom is 0.407 e. The smallest absolute Gasteiger partial charge is 0.407 e. The van der Waals surface area contributed by atoms with E-state index in [1.165, 1.54) is 33.2 Å². The number of nitrogen functional groups attached to an aromatic ring is 1. The number of nitrogens with two attached hydrogens (primary N) is 2. The second kappa shape index (κ2) is 32.4. The average molecular weight is 1260 g/mol. The summed E-state index contributed by atoms with van der Waals surface area (Å²) < 4.78 is 30.0. The third-order valence-corrected chi connectivity index (χ3v) is 18.4. The molecule has 2 aromatic rings. The zero-order valence-electron chi connectivity index (χ0n) is 53.5. The van der Waals surface area contributed by atoms with E-state index >= 15 is 0 Å². The summed E-state index contributed by atoms with van der Waals surface area (Å²) in [5, 5.41) is 37.3. The number of aliphatic hydroxyl groups excluding tert-OH is 2. The van der Waals surface area contributed by atoms with Crippen molar-refractivity contribution in [3.63, 3.8) is 0 Å². The average Bonchev–Trinajstić information content (AvgIpc) is 0.937. The molecule has 15 atom stereocenters. The van der Waals surface area contributed by atoms with E-state index in [4.69, 9.17) is 35.2 Å². The first-order valence-electron chi connectivity index (χ1n) is 31.6. The topological polar surface area (TPSA) is 352 Å². The first-order chi connectivity index (χ1) is 42.8. The van der Waals surface area contributed by atoms with Crippen molar-refractivity contribution in [2.45, 2.75) is 193 Å². The number of anilines is 3. The number of amides is 2. The van der Waals surface area contributed by atoms with Gasteiger partial charge in [-0.3, -0.25) is 24.0 Å². The number of aliphatic hydroxyl groups is 3. The SMILES string of the molecule is CO[C@H]1C[C@@H]2CC[C@@H](C)[C@@](O)(O2)C(=O)C(=O)N2CCCC[C@H]2C(=O)O[C@H]([C@H](N)C[C@@H]2CC[C@@H](OC(=O)NCc3cnc(N4CCN(c5ncc(C(C)=O)c(N)n5)CC4)nc3)[C@H](OC)C2)CC(=O)[C@H](C)/C=C(\C)[C@@H](O)[C@@H](O)C(=O)[C@H](C)C[C@H](C)/C=C/C=CC=C1C. The molecule has 4 aliphatic heterocycles. The molecule has 3 saturated heterocycles. The molecule has 25 heteroatoms. The zero-order chi connectivity index (χ0) is 65.6. The summed E-state index contributed by atoms with van der Waals surface area (Å²) >= 11 is 0. The number of aromatic nitrogens is 4. The highest BCUT2D eigenvalue weighted by Crippen LogP contribution is 2.38. The fourth-order valence-corrected chi connectivity index (χ4v) is 12.7. The minimum absolute atomic E-state index is 0.00101. The highest BCUT2D eigenvalue weighted by Gasteiger charge is 2.53. The number of carbonyl (C=O) groups excluding carboxylic acids is 7. The Balaban J connectivity index is 1.02. The molecule has 90 heavy (non-hydrogen) atoms. The van der Waals surface area contributed by atoms with Gasteiger partial charge in [-0.05, 0) is 108 Å². The maximum atomic E-state index is 14.6. The molecule has 2 aromatic heterocycles. The number of Topliss-reactive ketones (excluding diaryl/α,β-unsaturated/α-hetero) is 4. The van der Waals surface area contributed by atoms with Crippen LogP contribution in [-0.2, 0) is 54.2 Å². The predicted octanol–water partition coefficient (Wildman–Crippen LogP) is 4.84. The second-order valence-corrected chi connectivity index (χ2v) is 25.2. The number of cyclic esters (lactones) is 1. The number of hydrogen-bond acceptors (Lipinski definition) is 23. The molecule has 0 unspecified atom stereocenters. The summed E-state index contributed by atoms with van der Waals surface area (Å²) in [7, 11) is 3.06. The third kappa shape index (κ3) is 18.2. The number of nitrogens with zero attached hydrogens (tertiary/aromatic N) is 7. The maximum absolute atomic E-state index is 14.6. The van der Waals surface area contributed by atoms with Crippen molar-refractivity contribution in [3.8, 4) is 0 Å². The van der Waals surface area contributed by atoms with Gasteiger partial charge in [0.05, 0.1) is 23.9 Å². The van der Waals surface area contributed by atoms with Gasteiger partial charge in [-0.1, -0.05) is 64.2 Å². The van der Waals surface area contributed by atoms with Crippen molar-refractivity contribution < 1.29 is 72.6 Å². The Hall–Kier alpha value is -6.87. The molecule has 0 aromatic carbocycles. The Kier molecular flexibility index (Phi) is 25.4. The van der Waals surface area contributed by atoms with E-state index in [0.29, 0.717) is 95.0 Å². The summed E-state index contributed by atoms with van der Waals surface area (Å²) in [6.07, 6.45) is 11.5. The van der Waals surface area contributed by atoms with Crippen LogP contribution in [-0.4, -0.2) is 189 Å². The van der Waals surface area contributed by atoms with Gasteiger partial charge >= 0.3 is 12.1 Å². The monoisotopic (exact) mass is 1250 g/mol. The van der Waals surface area contributed by atoms with Crippen molar-refractivity contribution in [2.24, 2.45) is 35.3 Å². The lowest BCUT2D eigenvalue weighted by Gasteiger charge is -2.42. The minimum atomic E-state index is -2.51. The Morgan fingerprint density at radius 3 is 2.17 bits per heavy atom. The van der Waals surface area contributed by atoms with Crippen LogP contribution in [0.4, 0.5) is 22.5 Å². The molecule has 1 aliphatic carbocycles. The van der Waals surface area contributed by atoms with Gasteiger partial charge < -0.3 is 70.5 Å². The quantitative estimate of drug-likeness (QED) is 0.0758. The first-order valence-corrected chi connectivity index (χ1v) is 31.6. The lowest BCUT2D eigenvalue weighted by molar-refractivity contribution is -0.265. The fraction of sp³-hybridized carbons (Fsp3) is 0.646. The van der Waals surface area contributed by atoms with Crippen LogP contribution in [0.25, 0.3) is 0 Å². The van der Waals surface area contributed by atoms with Crippen molar-refractivity contribution >= 4 is 58.8 Å². The number of ketones is 4. The van der Waals surface area contributed by atoms with E-state index < -0.39 is 120 Å². The van der Waals surface area contributed by atoms with Gasteiger partial charge in [-0.2, -0.15) is 4.98 Å². The number of alkyl carbamates (subject to hydrolysis) is 1. The van der Waals surface area contributed by atoms with E-state index in [-0.39, 0.29) is 66.9 Å². The molecule has 4 fully saturated rings. The van der Waals surface area contributed by atoms with E-state index in [9.17, 15) is 48.9 Å². The van der Waals surface area contributed by atoms with Gasteiger partial charge in [-0.15, -0.1) is 0 Å². The van der Waals surface area contributed by atoms with Gasteiger partial charge in [0, 0.05) is 114 Å². The number of esters is 1. The number of ether oxygens (including phenoxy) is 5. The molecular formula is C65H94N10O15. The number of methoxy groups -OCH3 is 2. The molecular weight excluding hydrogens is 1160 g/mol. The molecule has 0 radical (unpaired) electrons. The van der Waals surface area contributed by atoms with Crippen molar-refractivity contribution in [3.05, 3.63) is 77.3 Å². The van der Waals surface area contributed by atoms with E-state index in [1.54, 1.807) is 40.3 Å². The molecule has 2 amide bonds. The Labute approximate surface area is 527 Å². The number of piperidine rings is 1. The summed E-state index contributed by atoms with van der Waals surface area (Å²) in [6, 6.07) is -2.24. The molecule has 2 bridgehead atoms. The van der Waals surface area contributed by atoms with Crippen LogP contribution in [0.3, 0.4) is 0 Å². The molecule has 8 N–H and O–H groups in total. The van der Waals surface area contributed by atoms with Crippen molar-refractivity contribution in [1.82, 2.24) is 30.2 Å². The van der Waals surface area contributed by atoms with Crippen LogP contribution in [0, 0.1) is 29.6 Å². The number of rotatable bonds is 11. The number of allylic oxidation sites excluding steroid dienone is 6. The van der Waals surface area contributed by atoms with Crippen LogP contribution in [0.2, 0.25) is 0 Å². The molecule has 7 rings (SSSR count). The highest BCUT2D eigenvalue weighted by molar-refractivity contribution is 6.39. The van der Waals surface area contributed by atoms with E-state index in [0.717, 1.165) is 10.5 Å². The largest absolute Gasteiger partial charge is 0.459 e. The first kappa shape index (κ1) is 70.6. The number of piperazine rings is 1. The lowest BCUT2D eigenvalue weighted by atomic mass is 9.80. The normalized spacial score (nSPS) is 32.4. The second-order valence-electron chi connectivity index (χ2n) is 25.2. The van der Waals surface area contributed by atoms with Gasteiger partial charge in [0.15, 0.2) is 11.6 Å².